The molecule has 9 heteroatoms. The molecule has 0 unspecified atom stereocenters. The molecule has 1 aliphatic rings. The maximum Gasteiger partial charge on any atom is 0.271 e. The van der Waals surface area contributed by atoms with E-state index in [-0.39, 0.29) is 11.6 Å². The lowest BCUT2D eigenvalue weighted by molar-refractivity contribution is -0.384. The predicted molar refractivity (Wildman–Crippen MR) is 130 cm³/mol. The van der Waals surface area contributed by atoms with Gasteiger partial charge in [0.05, 0.1) is 27.8 Å². The van der Waals surface area contributed by atoms with Crippen molar-refractivity contribution in [2.24, 2.45) is 4.99 Å². The number of hydrogen-bond donors (Lipinski definition) is 0. The number of carbonyl (C=O) groups excluding carboxylic acids is 1. The van der Waals surface area contributed by atoms with Crippen LogP contribution >= 0.6 is 11.8 Å². The highest BCUT2D eigenvalue weighted by Crippen LogP contribution is 2.34. The van der Waals surface area contributed by atoms with Gasteiger partial charge >= 0.3 is 0 Å². The van der Waals surface area contributed by atoms with E-state index in [1.54, 1.807) is 23.1 Å². The van der Waals surface area contributed by atoms with Gasteiger partial charge in [0.15, 0.2) is 5.17 Å². The van der Waals surface area contributed by atoms with Crippen LogP contribution in [0.25, 0.3) is 11.8 Å². The number of thioether (sulfide) groups is 1. The van der Waals surface area contributed by atoms with Crippen molar-refractivity contribution in [3.8, 4) is 11.4 Å². The Bertz CT molecular complexity index is 1250. The number of nitrogens with zero attached hydrogens (tertiary/aromatic N) is 4. The number of benzene rings is 2. The molecule has 4 rings (SSSR count). The van der Waals surface area contributed by atoms with Crippen LogP contribution in [0.4, 0.5) is 11.4 Å². The number of aliphatic imine (C=N–C) groups is 1. The average Bonchev–Trinajstić information content (AvgIpc) is 3.39. The van der Waals surface area contributed by atoms with Crippen LogP contribution < -0.4 is 4.74 Å². The van der Waals surface area contributed by atoms with Crippen LogP contribution in [0.3, 0.4) is 0 Å². The molecular weight excluding hydrogens is 440 g/mol. The third-order valence-corrected chi connectivity index (χ3v) is 5.96. The molecule has 168 valence electrons. The summed E-state index contributed by atoms with van der Waals surface area (Å²) < 4.78 is 7.28. The fourth-order valence-corrected chi connectivity index (χ4v) is 4.45. The Morgan fingerprint density at radius 3 is 2.61 bits per heavy atom. The van der Waals surface area contributed by atoms with Crippen molar-refractivity contribution in [3.05, 3.63) is 87.6 Å². The standard InChI is InChI=1S/C24H22N4O4S/c1-3-26-23(29)22(33-24(26)25-17-10-12-21(13-11-17)32-4-2)16-19-9-6-14-27(19)18-7-5-8-20(15-18)28(30)31/h5-16H,3-4H2,1-2H3/b22-16+,25-24?. The van der Waals surface area contributed by atoms with Crippen molar-refractivity contribution in [1.82, 2.24) is 9.47 Å². The minimum Gasteiger partial charge on any atom is -0.494 e. The molecule has 2 aromatic carbocycles. The van der Waals surface area contributed by atoms with Crippen molar-refractivity contribution in [2.75, 3.05) is 13.2 Å². The summed E-state index contributed by atoms with van der Waals surface area (Å²) in [5, 5.41) is 11.7. The third-order valence-electron chi connectivity index (χ3n) is 4.95. The van der Waals surface area contributed by atoms with Gasteiger partial charge in [-0.1, -0.05) is 6.07 Å². The number of hydrogen-bond acceptors (Lipinski definition) is 6. The fraction of sp³-hybridized carbons (Fsp3) is 0.167. The Morgan fingerprint density at radius 2 is 1.91 bits per heavy atom. The summed E-state index contributed by atoms with van der Waals surface area (Å²) in [4.78, 5) is 30.6. The van der Waals surface area contributed by atoms with Gasteiger partial charge in [0.2, 0.25) is 0 Å². The van der Waals surface area contributed by atoms with Crippen LogP contribution in [0.15, 0.2) is 76.8 Å². The molecule has 0 aliphatic carbocycles. The predicted octanol–water partition coefficient (Wildman–Crippen LogP) is 5.41. The van der Waals surface area contributed by atoms with Crippen molar-refractivity contribution in [2.45, 2.75) is 13.8 Å². The largest absolute Gasteiger partial charge is 0.494 e. The van der Waals surface area contributed by atoms with Crippen molar-refractivity contribution >= 4 is 40.3 Å². The first-order valence-electron chi connectivity index (χ1n) is 10.4. The first-order chi connectivity index (χ1) is 16.0. The minimum absolute atomic E-state index is 0.00746. The second-order valence-electron chi connectivity index (χ2n) is 7.06. The van der Waals surface area contributed by atoms with E-state index in [1.165, 1.54) is 23.9 Å². The number of nitro benzene ring substituents is 1. The summed E-state index contributed by atoms with van der Waals surface area (Å²) in [5.41, 5.74) is 2.12. The van der Waals surface area contributed by atoms with Gasteiger partial charge in [0.1, 0.15) is 5.75 Å². The summed E-state index contributed by atoms with van der Waals surface area (Å²) in [6.07, 6.45) is 3.59. The molecule has 1 amide bonds. The van der Waals surface area contributed by atoms with E-state index in [0.29, 0.717) is 28.9 Å². The molecule has 1 saturated heterocycles. The normalized spacial score (nSPS) is 16.1. The molecule has 0 spiro atoms. The molecule has 33 heavy (non-hydrogen) atoms. The number of non-ortho nitro benzene ring substituents is 1. The van der Waals surface area contributed by atoms with Crippen LogP contribution in [-0.2, 0) is 4.79 Å². The van der Waals surface area contributed by atoms with Crippen LogP contribution in [0, 0.1) is 10.1 Å². The second-order valence-corrected chi connectivity index (χ2v) is 8.07. The van der Waals surface area contributed by atoms with Gasteiger partial charge in [-0.3, -0.25) is 19.8 Å². The lowest BCUT2D eigenvalue weighted by Crippen LogP contribution is -2.28. The quantitative estimate of drug-likeness (QED) is 0.266. The smallest absolute Gasteiger partial charge is 0.271 e. The lowest BCUT2D eigenvalue weighted by Gasteiger charge is -2.12. The monoisotopic (exact) mass is 462 g/mol. The summed E-state index contributed by atoms with van der Waals surface area (Å²) in [5.74, 6) is 0.644. The van der Waals surface area contributed by atoms with Crippen LogP contribution in [0.5, 0.6) is 5.75 Å². The summed E-state index contributed by atoms with van der Waals surface area (Å²) in [7, 11) is 0. The molecule has 0 N–H and O–H groups in total. The number of aromatic nitrogens is 1. The number of likely N-dealkylation sites (N-methyl/N-ethyl adjacent to an activating group) is 1. The van der Waals surface area contributed by atoms with E-state index in [1.807, 2.05) is 61.0 Å². The Labute approximate surface area is 195 Å². The number of ether oxygens (including phenoxy) is 1. The Balaban J connectivity index is 1.64. The highest BCUT2D eigenvalue weighted by atomic mass is 32.2. The number of amidine groups is 1. The summed E-state index contributed by atoms with van der Waals surface area (Å²) in [6, 6.07) is 17.5. The molecule has 3 aromatic rings. The first-order valence-corrected chi connectivity index (χ1v) is 11.3. The summed E-state index contributed by atoms with van der Waals surface area (Å²) in [6.45, 7) is 4.91. The minimum atomic E-state index is -0.426. The fourth-order valence-electron chi connectivity index (χ4n) is 3.40. The van der Waals surface area contributed by atoms with E-state index in [0.717, 1.165) is 17.1 Å². The number of carbonyl (C=O) groups is 1. The van der Waals surface area contributed by atoms with Gasteiger partial charge in [-0.25, -0.2) is 4.99 Å². The molecular formula is C24H22N4O4S. The third kappa shape index (κ3) is 4.83. The van der Waals surface area contributed by atoms with Gasteiger partial charge in [0.25, 0.3) is 11.6 Å². The van der Waals surface area contributed by atoms with E-state index in [2.05, 4.69) is 4.99 Å². The van der Waals surface area contributed by atoms with Crippen LogP contribution in [0.2, 0.25) is 0 Å². The van der Waals surface area contributed by atoms with Gasteiger partial charge in [-0.2, -0.15) is 0 Å². The SMILES string of the molecule is CCOc1ccc(N=C2S/C(=C/c3cccn3-c3cccc([N+](=O)[O-])c3)C(=O)N2CC)cc1. The Kier molecular flexibility index (Phi) is 6.60. The molecule has 1 aromatic heterocycles. The molecule has 2 heterocycles. The van der Waals surface area contributed by atoms with E-state index in [9.17, 15) is 14.9 Å². The second kappa shape index (κ2) is 9.74. The van der Waals surface area contributed by atoms with Gasteiger partial charge in [-0.15, -0.1) is 0 Å². The molecule has 8 nitrogen and oxygen atoms in total. The first kappa shape index (κ1) is 22.3. The Hall–Kier alpha value is -3.85. The highest BCUT2D eigenvalue weighted by molar-refractivity contribution is 8.18. The molecule has 0 radical (unpaired) electrons. The molecule has 0 bridgehead atoms. The van der Waals surface area contributed by atoms with Gasteiger partial charge in [0, 0.05) is 30.6 Å². The van der Waals surface area contributed by atoms with Gasteiger partial charge < -0.3 is 9.30 Å². The van der Waals surface area contributed by atoms with Crippen LogP contribution in [-0.4, -0.2) is 38.6 Å². The van der Waals surface area contributed by atoms with Crippen molar-refractivity contribution in [3.63, 3.8) is 0 Å². The highest BCUT2D eigenvalue weighted by Gasteiger charge is 2.32. The molecule has 1 aliphatic heterocycles. The van der Waals surface area contributed by atoms with Crippen LogP contribution in [0.1, 0.15) is 19.5 Å². The van der Waals surface area contributed by atoms with Crippen molar-refractivity contribution in [1.29, 1.82) is 0 Å². The maximum atomic E-state index is 13.0. The van der Waals surface area contributed by atoms with Crippen molar-refractivity contribution < 1.29 is 14.5 Å². The molecule has 0 atom stereocenters. The van der Waals surface area contributed by atoms with Gasteiger partial charge in [-0.05, 0) is 74.1 Å². The molecule has 0 saturated carbocycles. The zero-order valence-electron chi connectivity index (χ0n) is 18.2. The summed E-state index contributed by atoms with van der Waals surface area (Å²) >= 11 is 1.31. The number of nitro groups is 1. The average molecular weight is 463 g/mol. The maximum absolute atomic E-state index is 13.0. The Morgan fingerprint density at radius 1 is 1.12 bits per heavy atom. The van der Waals surface area contributed by atoms with E-state index in [4.69, 9.17) is 4.74 Å². The van der Waals surface area contributed by atoms with E-state index >= 15 is 0 Å². The lowest BCUT2D eigenvalue weighted by atomic mass is 10.2. The topological polar surface area (TPSA) is 90.0 Å². The zero-order chi connectivity index (χ0) is 23.4. The number of rotatable bonds is 7. The zero-order valence-corrected chi connectivity index (χ0v) is 19.0. The van der Waals surface area contributed by atoms with E-state index < -0.39 is 4.92 Å². The number of amides is 1. The molecule has 1 fully saturated rings.